The second kappa shape index (κ2) is 14.6. The summed E-state index contributed by atoms with van der Waals surface area (Å²) in [7, 11) is 1.40. The van der Waals surface area contributed by atoms with Gasteiger partial charge in [0.15, 0.2) is 0 Å². The first kappa shape index (κ1) is 32.1. The fourth-order valence-electron chi connectivity index (χ4n) is 5.49. The van der Waals surface area contributed by atoms with Crippen LogP contribution in [-0.2, 0) is 17.6 Å². The molecule has 3 N–H and O–H groups in total. The van der Waals surface area contributed by atoms with E-state index in [1.165, 1.54) is 35.7 Å². The first-order valence-electron chi connectivity index (χ1n) is 14.0. The predicted octanol–water partition coefficient (Wildman–Crippen LogP) is 7.28. The number of carboxylic acid groups (broad SMARTS) is 1. The Bertz CT molecular complexity index is 1580. The van der Waals surface area contributed by atoms with Crippen LogP contribution in [0.2, 0.25) is 0 Å². The van der Waals surface area contributed by atoms with Crippen molar-refractivity contribution < 1.29 is 19.4 Å². The van der Waals surface area contributed by atoms with Crippen LogP contribution in [0.3, 0.4) is 0 Å². The van der Waals surface area contributed by atoms with E-state index in [0.29, 0.717) is 15.7 Å². The number of hydrogen-bond acceptors (Lipinski definition) is 5. The van der Waals surface area contributed by atoms with Crippen LogP contribution >= 0.6 is 28.3 Å². The summed E-state index contributed by atoms with van der Waals surface area (Å²) in [4.78, 5) is 27.5. The van der Waals surface area contributed by atoms with Crippen molar-refractivity contribution >= 4 is 51.6 Å². The molecule has 1 saturated heterocycles. The van der Waals surface area contributed by atoms with Crippen molar-refractivity contribution in [2.75, 3.05) is 30.1 Å². The van der Waals surface area contributed by atoms with E-state index in [1.54, 1.807) is 6.07 Å². The Hall–Kier alpha value is -3.85. The Labute approximate surface area is 266 Å². The van der Waals surface area contributed by atoms with E-state index in [9.17, 15) is 14.7 Å². The molecule has 0 bridgehead atoms. The van der Waals surface area contributed by atoms with Crippen LogP contribution in [0, 0.1) is 0 Å². The van der Waals surface area contributed by atoms with Gasteiger partial charge < -0.3 is 14.7 Å². The van der Waals surface area contributed by atoms with Gasteiger partial charge in [0, 0.05) is 23.1 Å². The lowest BCUT2D eigenvalue weighted by atomic mass is 9.97. The SMILES string of the molecule is COc1cc(CC(=O)N(N)c2cccc(-c3ccc(Cc4ccccc4)cc3)c2N2CCCCC2)c(Br)cc1C(=O)O.Cl. The third-order valence-corrected chi connectivity index (χ3v) is 8.41. The third kappa shape index (κ3) is 7.39. The number of rotatable bonds is 9. The maximum Gasteiger partial charge on any atom is 0.339 e. The molecule has 0 aromatic heterocycles. The van der Waals surface area contributed by atoms with Crippen molar-refractivity contribution in [3.8, 4) is 16.9 Å². The summed E-state index contributed by atoms with van der Waals surface area (Å²) >= 11 is 3.42. The number of nitrogens with zero attached hydrogens (tertiary/aromatic N) is 2. The van der Waals surface area contributed by atoms with Crippen LogP contribution < -0.4 is 20.5 Å². The van der Waals surface area contributed by atoms with Gasteiger partial charge in [-0.25, -0.2) is 15.6 Å². The number of methoxy groups -OCH3 is 1. The second-order valence-corrected chi connectivity index (χ2v) is 11.3. The number of nitrogens with two attached hydrogens (primary N) is 1. The number of carbonyl (C=O) groups is 2. The van der Waals surface area contributed by atoms with E-state index in [-0.39, 0.29) is 36.0 Å². The van der Waals surface area contributed by atoms with E-state index in [2.05, 4.69) is 75.4 Å². The van der Waals surface area contributed by atoms with E-state index in [1.807, 2.05) is 18.2 Å². The number of ether oxygens (including phenoxy) is 1. The maximum atomic E-state index is 13.6. The van der Waals surface area contributed by atoms with Crippen LogP contribution in [0.1, 0.15) is 46.3 Å². The van der Waals surface area contributed by atoms with Gasteiger partial charge in [-0.3, -0.25) is 4.79 Å². The molecule has 1 heterocycles. The Balaban J connectivity index is 0.00000423. The number of halogens is 2. The minimum Gasteiger partial charge on any atom is -0.496 e. The molecule has 7 nitrogen and oxygen atoms in total. The minimum atomic E-state index is -1.11. The molecule has 0 atom stereocenters. The molecule has 1 fully saturated rings. The summed E-state index contributed by atoms with van der Waals surface area (Å²) < 4.78 is 5.77. The molecule has 0 radical (unpaired) electrons. The predicted molar refractivity (Wildman–Crippen MR) is 177 cm³/mol. The van der Waals surface area contributed by atoms with Gasteiger partial charge >= 0.3 is 5.97 Å². The smallest absolute Gasteiger partial charge is 0.339 e. The van der Waals surface area contributed by atoms with Gasteiger partial charge in [-0.15, -0.1) is 12.4 Å². The Kier molecular flexibility index (Phi) is 10.9. The lowest BCUT2D eigenvalue weighted by molar-refractivity contribution is -0.118. The van der Waals surface area contributed by atoms with Gasteiger partial charge in [-0.2, -0.15) is 0 Å². The average molecular weight is 665 g/mol. The van der Waals surface area contributed by atoms with Crippen molar-refractivity contribution in [2.45, 2.75) is 32.1 Å². The van der Waals surface area contributed by atoms with Crippen LogP contribution in [0.4, 0.5) is 11.4 Å². The Morgan fingerprint density at radius 2 is 1.60 bits per heavy atom. The van der Waals surface area contributed by atoms with Crippen molar-refractivity contribution in [3.63, 3.8) is 0 Å². The van der Waals surface area contributed by atoms with Gasteiger partial charge in [0.1, 0.15) is 11.3 Å². The van der Waals surface area contributed by atoms with Crippen LogP contribution in [0.5, 0.6) is 5.75 Å². The Morgan fingerprint density at radius 3 is 2.26 bits per heavy atom. The largest absolute Gasteiger partial charge is 0.496 e. The van der Waals surface area contributed by atoms with E-state index in [4.69, 9.17) is 10.6 Å². The zero-order valence-corrected chi connectivity index (χ0v) is 26.4. The molecule has 0 unspecified atom stereocenters. The molecular weight excluding hydrogens is 630 g/mol. The molecule has 1 amide bonds. The van der Waals surface area contributed by atoms with Gasteiger partial charge in [0.05, 0.1) is 24.9 Å². The maximum absolute atomic E-state index is 13.6. The third-order valence-electron chi connectivity index (χ3n) is 7.67. The number of piperidine rings is 1. The normalized spacial score (nSPS) is 12.8. The zero-order valence-electron chi connectivity index (χ0n) is 24.0. The molecule has 4 aromatic rings. The van der Waals surface area contributed by atoms with Crippen molar-refractivity contribution in [3.05, 3.63) is 112 Å². The molecule has 1 aliphatic rings. The molecule has 5 rings (SSSR count). The molecule has 4 aromatic carbocycles. The first-order valence-corrected chi connectivity index (χ1v) is 14.8. The van der Waals surface area contributed by atoms with Crippen LogP contribution in [-0.4, -0.2) is 37.2 Å². The van der Waals surface area contributed by atoms with Crippen molar-refractivity contribution in [1.29, 1.82) is 0 Å². The monoisotopic (exact) mass is 663 g/mol. The molecular formula is C34H35BrClN3O4. The van der Waals surface area contributed by atoms with Gasteiger partial charge in [0.2, 0.25) is 5.91 Å². The highest BCUT2D eigenvalue weighted by Gasteiger charge is 2.25. The quantitative estimate of drug-likeness (QED) is 0.111. The summed E-state index contributed by atoms with van der Waals surface area (Å²) in [6.07, 6.45) is 4.15. The minimum absolute atomic E-state index is 0. The van der Waals surface area contributed by atoms with Gasteiger partial charge in [-0.1, -0.05) is 82.7 Å². The number of carbonyl (C=O) groups excluding carboxylic acids is 1. The molecule has 0 saturated carbocycles. The number of carboxylic acids is 1. The highest BCUT2D eigenvalue weighted by atomic mass is 79.9. The second-order valence-electron chi connectivity index (χ2n) is 10.5. The Morgan fingerprint density at radius 1 is 0.930 bits per heavy atom. The summed E-state index contributed by atoms with van der Waals surface area (Å²) in [5.74, 6) is 5.32. The summed E-state index contributed by atoms with van der Waals surface area (Å²) in [5, 5.41) is 10.7. The average Bonchev–Trinajstić information content (AvgIpc) is 3.02. The van der Waals surface area contributed by atoms with Gasteiger partial charge in [-0.05, 0) is 66.1 Å². The molecule has 43 heavy (non-hydrogen) atoms. The number of amides is 1. The van der Waals surface area contributed by atoms with E-state index >= 15 is 0 Å². The molecule has 9 heteroatoms. The summed E-state index contributed by atoms with van der Waals surface area (Å²) in [5.41, 5.74) is 6.76. The number of benzene rings is 4. The van der Waals surface area contributed by atoms with E-state index < -0.39 is 5.97 Å². The molecule has 1 aliphatic heterocycles. The highest BCUT2D eigenvalue weighted by molar-refractivity contribution is 9.10. The number of hydrogen-bond donors (Lipinski definition) is 2. The lowest BCUT2D eigenvalue weighted by Gasteiger charge is -2.34. The van der Waals surface area contributed by atoms with Crippen molar-refractivity contribution in [2.24, 2.45) is 5.84 Å². The lowest BCUT2D eigenvalue weighted by Crippen LogP contribution is -2.41. The topological polar surface area (TPSA) is 96.1 Å². The fraction of sp³-hybridized carbons (Fsp3) is 0.235. The number of aromatic carboxylic acids is 1. The first-order chi connectivity index (χ1) is 20.4. The summed E-state index contributed by atoms with van der Waals surface area (Å²) in [6, 6.07) is 27.9. The van der Waals surface area contributed by atoms with Crippen molar-refractivity contribution in [1.82, 2.24) is 0 Å². The molecule has 0 aliphatic carbocycles. The molecule has 0 spiro atoms. The van der Waals surface area contributed by atoms with Crippen LogP contribution in [0.15, 0.2) is 89.4 Å². The number of hydrazine groups is 1. The number of para-hydroxylation sites is 1. The standard InChI is InChI=1S/C34H34BrN3O4.ClH/c1-42-31-20-26(29(35)22-28(31)34(40)41)21-32(39)38(36)30-12-8-11-27(33(30)37-17-6-3-7-18-37)25-15-13-24(14-16-25)19-23-9-4-2-5-10-23;/h2,4-5,8-16,20,22H,3,6-7,17-19,21,36H2,1H3,(H,40,41);1H. The molecule has 224 valence electrons. The highest BCUT2D eigenvalue weighted by Crippen LogP contribution is 2.40. The number of anilines is 2. The van der Waals surface area contributed by atoms with E-state index in [0.717, 1.165) is 49.2 Å². The van der Waals surface area contributed by atoms with Gasteiger partial charge in [0.25, 0.3) is 0 Å². The van der Waals surface area contributed by atoms with Crippen LogP contribution in [0.25, 0.3) is 11.1 Å². The summed E-state index contributed by atoms with van der Waals surface area (Å²) in [6.45, 7) is 1.77. The fourth-order valence-corrected chi connectivity index (χ4v) is 5.98. The zero-order chi connectivity index (χ0) is 29.6.